The van der Waals surface area contributed by atoms with Crippen LogP contribution in [0.3, 0.4) is 0 Å². The third kappa shape index (κ3) is 1.69. The van der Waals surface area contributed by atoms with Gasteiger partial charge in [0.05, 0.1) is 17.5 Å². The number of carbonyl (C=O) groups is 1. The van der Waals surface area contributed by atoms with Crippen LogP contribution in [0.1, 0.15) is 29.5 Å². The van der Waals surface area contributed by atoms with Gasteiger partial charge in [0.15, 0.2) is 0 Å². The zero-order valence-corrected chi connectivity index (χ0v) is 10.9. The van der Waals surface area contributed by atoms with Crippen LogP contribution in [0.15, 0.2) is 6.07 Å². The van der Waals surface area contributed by atoms with Crippen molar-refractivity contribution in [3.05, 3.63) is 27.8 Å². The third-order valence-corrected chi connectivity index (χ3v) is 3.91. The SMILES string of the molecule is COc1c(C)cc(C)c(Cl)c1C1(C(=O)O)CC1. The minimum absolute atomic E-state index is 0.521. The largest absolute Gasteiger partial charge is 0.496 e. The van der Waals surface area contributed by atoms with Gasteiger partial charge in [-0.05, 0) is 37.8 Å². The fourth-order valence-electron chi connectivity index (χ4n) is 2.33. The van der Waals surface area contributed by atoms with Crippen LogP contribution in [0.4, 0.5) is 0 Å². The summed E-state index contributed by atoms with van der Waals surface area (Å²) >= 11 is 6.27. The molecule has 0 unspecified atom stereocenters. The zero-order chi connectivity index (χ0) is 12.8. The Kier molecular flexibility index (Phi) is 2.82. The first-order chi connectivity index (χ1) is 7.94. The summed E-state index contributed by atoms with van der Waals surface area (Å²) in [7, 11) is 1.55. The maximum Gasteiger partial charge on any atom is 0.314 e. The van der Waals surface area contributed by atoms with E-state index >= 15 is 0 Å². The first kappa shape index (κ1) is 12.2. The van der Waals surface area contributed by atoms with Crippen LogP contribution in [0, 0.1) is 13.8 Å². The van der Waals surface area contributed by atoms with E-state index in [1.54, 1.807) is 7.11 Å². The normalized spacial score (nSPS) is 16.7. The molecule has 1 saturated carbocycles. The van der Waals surface area contributed by atoms with Gasteiger partial charge in [0.25, 0.3) is 0 Å². The Morgan fingerprint density at radius 1 is 1.41 bits per heavy atom. The lowest BCUT2D eigenvalue weighted by Crippen LogP contribution is -2.21. The van der Waals surface area contributed by atoms with E-state index in [0.29, 0.717) is 29.2 Å². The Labute approximate surface area is 105 Å². The summed E-state index contributed by atoms with van der Waals surface area (Å²) in [6, 6.07) is 1.92. The number of carboxylic acids is 1. The monoisotopic (exact) mass is 254 g/mol. The van der Waals surface area contributed by atoms with Crippen LogP contribution >= 0.6 is 11.6 Å². The number of hydrogen-bond donors (Lipinski definition) is 1. The number of aryl methyl sites for hydroxylation is 2. The van der Waals surface area contributed by atoms with E-state index in [1.807, 2.05) is 19.9 Å². The molecule has 1 N–H and O–H groups in total. The van der Waals surface area contributed by atoms with Crippen molar-refractivity contribution >= 4 is 17.6 Å². The van der Waals surface area contributed by atoms with E-state index in [-0.39, 0.29) is 0 Å². The van der Waals surface area contributed by atoms with E-state index in [2.05, 4.69) is 0 Å². The number of halogens is 1. The molecular weight excluding hydrogens is 240 g/mol. The molecule has 1 aromatic carbocycles. The van der Waals surface area contributed by atoms with Gasteiger partial charge in [0, 0.05) is 5.56 Å². The van der Waals surface area contributed by atoms with Crippen LogP contribution in [-0.4, -0.2) is 18.2 Å². The lowest BCUT2D eigenvalue weighted by atomic mass is 9.91. The van der Waals surface area contributed by atoms with Crippen molar-refractivity contribution in [2.45, 2.75) is 32.1 Å². The van der Waals surface area contributed by atoms with E-state index in [4.69, 9.17) is 16.3 Å². The average Bonchev–Trinajstić information content (AvgIpc) is 3.04. The van der Waals surface area contributed by atoms with Crippen molar-refractivity contribution in [2.75, 3.05) is 7.11 Å². The lowest BCUT2D eigenvalue weighted by Gasteiger charge is -2.20. The second-order valence-electron chi connectivity index (χ2n) is 4.62. The van der Waals surface area contributed by atoms with Crippen molar-refractivity contribution in [1.29, 1.82) is 0 Å². The molecule has 1 aliphatic carbocycles. The van der Waals surface area contributed by atoms with Crippen molar-refractivity contribution in [3.8, 4) is 5.75 Å². The van der Waals surface area contributed by atoms with E-state index in [9.17, 15) is 9.90 Å². The van der Waals surface area contributed by atoms with Gasteiger partial charge >= 0.3 is 5.97 Å². The number of rotatable bonds is 3. The molecule has 0 atom stereocenters. The molecule has 0 spiro atoms. The van der Waals surface area contributed by atoms with E-state index in [0.717, 1.165) is 11.1 Å². The van der Waals surface area contributed by atoms with Gasteiger partial charge in [-0.3, -0.25) is 4.79 Å². The van der Waals surface area contributed by atoms with Gasteiger partial charge in [0.2, 0.25) is 0 Å². The molecule has 0 saturated heterocycles. The van der Waals surface area contributed by atoms with Crippen LogP contribution in [0.25, 0.3) is 0 Å². The number of benzene rings is 1. The number of aliphatic carboxylic acids is 1. The van der Waals surface area contributed by atoms with Crippen LogP contribution in [0.2, 0.25) is 5.02 Å². The molecule has 0 aliphatic heterocycles. The van der Waals surface area contributed by atoms with Gasteiger partial charge in [-0.2, -0.15) is 0 Å². The van der Waals surface area contributed by atoms with Crippen molar-refractivity contribution in [3.63, 3.8) is 0 Å². The molecule has 0 heterocycles. The smallest absolute Gasteiger partial charge is 0.314 e. The Morgan fingerprint density at radius 3 is 2.41 bits per heavy atom. The van der Waals surface area contributed by atoms with Crippen LogP contribution in [-0.2, 0) is 10.2 Å². The Bertz CT molecular complexity index is 490. The van der Waals surface area contributed by atoms with Gasteiger partial charge < -0.3 is 9.84 Å². The summed E-state index contributed by atoms with van der Waals surface area (Å²) in [5.41, 5.74) is 1.63. The molecule has 3 nitrogen and oxygen atoms in total. The molecular formula is C13H15ClO3. The maximum atomic E-state index is 11.4. The lowest BCUT2D eigenvalue weighted by molar-refractivity contribution is -0.140. The average molecular weight is 255 g/mol. The van der Waals surface area contributed by atoms with Crippen molar-refractivity contribution in [1.82, 2.24) is 0 Å². The highest BCUT2D eigenvalue weighted by atomic mass is 35.5. The molecule has 2 rings (SSSR count). The maximum absolute atomic E-state index is 11.4. The quantitative estimate of drug-likeness (QED) is 0.902. The Balaban J connectivity index is 2.71. The van der Waals surface area contributed by atoms with E-state index in [1.165, 1.54) is 0 Å². The number of methoxy groups -OCH3 is 1. The number of ether oxygens (including phenoxy) is 1. The van der Waals surface area contributed by atoms with Crippen molar-refractivity contribution < 1.29 is 14.6 Å². The molecule has 1 aliphatic rings. The van der Waals surface area contributed by atoms with Crippen LogP contribution in [0.5, 0.6) is 5.75 Å². The van der Waals surface area contributed by atoms with Gasteiger partial charge in [-0.15, -0.1) is 0 Å². The summed E-state index contributed by atoms with van der Waals surface area (Å²) < 4.78 is 5.34. The fourth-order valence-corrected chi connectivity index (χ4v) is 2.66. The summed E-state index contributed by atoms with van der Waals surface area (Å²) in [5.74, 6) is -0.205. The highest BCUT2D eigenvalue weighted by Gasteiger charge is 2.55. The third-order valence-electron chi connectivity index (χ3n) is 3.43. The van der Waals surface area contributed by atoms with Gasteiger partial charge in [-0.1, -0.05) is 17.7 Å². The summed E-state index contributed by atoms with van der Waals surface area (Å²) in [6.07, 6.45) is 1.25. The Hall–Kier alpha value is -1.22. The molecule has 17 heavy (non-hydrogen) atoms. The number of carboxylic acid groups (broad SMARTS) is 1. The van der Waals surface area contributed by atoms with E-state index < -0.39 is 11.4 Å². The minimum Gasteiger partial charge on any atom is -0.496 e. The highest BCUT2D eigenvalue weighted by Crippen LogP contribution is 2.55. The minimum atomic E-state index is -0.834. The van der Waals surface area contributed by atoms with Gasteiger partial charge in [-0.25, -0.2) is 0 Å². The first-order valence-electron chi connectivity index (χ1n) is 5.51. The standard InChI is InChI=1S/C13H15ClO3/c1-7-6-8(2)11(17-3)9(10(7)14)13(4-5-13)12(15)16/h6H,4-5H2,1-3H3,(H,15,16). The highest BCUT2D eigenvalue weighted by molar-refractivity contribution is 6.33. The zero-order valence-electron chi connectivity index (χ0n) is 10.1. The van der Waals surface area contributed by atoms with Crippen LogP contribution < -0.4 is 4.74 Å². The summed E-state index contributed by atoms with van der Waals surface area (Å²) in [6.45, 7) is 3.79. The first-order valence-corrected chi connectivity index (χ1v) is 5.89. The predicted octanol–water partition coefficient (Wildman–Crippen LogP) is 3.08. The fraction of sp³-hybridized carbons (Fsp3) is 0.462. The molecule has 0 amide bonds. The summed E-state index contributed by atoms with van der Waals surface area (Å²) in [5, 5.41) is 9.89. The second-order valence-corrected chi connectivity index (χ2v) is 5.00. The molecule has 0 aromatic heterocycles. The molecule has 0 radical (unpaired) electrons. The summed E-state index contributed by atoms with van der Waals surface area (Å²) in [4.78, 5) is 11.4. The molecule has 1 fully saturated rings. The number of hydrogen-bond acceptors (Lipinski definition) is 2. The molecule has 0 bridgehead atoms. The molecule has 92 valence electrons. The molecule has 1 aromatic rings. The molecule has 4 heteroatoms. The second kappa shape index (κ2) is 3.91. The van der Waals surface area contributed by atoms with Crippen molar-refractivity contribution in [2.24, 2.45) is 0 Å². The van der Waals surface area contributed by atoms with Gasteiger partial charge in [0.1, 0.15) is 5.75 Å². The predicted molar refractivity (Wildman–Crippen MR) is 66.0 cm³/mol. The Morgan fingerprint density at radius 2 is 2.00 bits per heavy atom. The topological polar surface area (TPSA) is 46.5 Å².